The lowest BCUT2D eigenvalue weighted by Gasteiger charge is -2.10. The van der Waals surface area contributed by atoms with Crippen molar-refractivity contribution in [2.75, 3.05) is 14.2 Å². The van der Waals surface area contributed by atoms with Gasteiger partial charge < -0.3 is 19.1 Å². The van der Waals surface area contributed by atoms with Gasteiger partial charge in [0.15, 0.2) is 11.0 Å². The summed E-state index contributed by atoms with van der Waals surface area (Å²) in [6.07, 6.45) is 1.37. The summed E-state index contributed by atoms with van der Waals surface area (Å²) in [4.78, 5) is 24.6. The highest BCUT2D eigenvalue weighted by atomic mass is 35.5. The van der Waals surface area contributed by atoms with E-state index in [2.05, 4.69) is 10.2 Å². The number of nitro benzene ring substituents is 1. The second-order valence-electron chi connectivity index (χ2n) is 8.11. The van der Waals surface area contributed by atoms with E-state index in [9.17, 15) is 20.0 Å². The van der Waals surface area contributed by atoms with Crippen LogP contribution in [-0.2, 0) is 11.3 Å². The van der Waals surface area contributed by atoms with Gasteiger partial charge in [-0.15, -0.1) is 10.2 Å². The Kier molecular flexibility index (Phi) is 9.35. The van der Waals surface area contributed by atoms with Crippen LogP contribution in [-0.4, -0.2) is 45.0 Å². The molecule has 0 saturated carbocycles. The predicted octanol–water partition coefficient (Wildman–Crippen LogP) is 6.91. The molecule has 0 bridgehead atoms. The first-order valence-corrected chi connectivity index (χ1v) is 13.7. The zero-order chi connectivity index (χ0) is 28.8. The van der Waals surface area contributed by atoms with Crippen molar-refractivity contribution in [3.05, 3.63) is 86.3 Å². The molecule has 1 aromatic heterocycles. The minimum absolute atomic E-state index is 0.0794. The minimum atomic E-state index is -1.21. The Labute approximate surface area is 243 Å². The van der Waals surface area contributed by atoms with E-state index in [1.54, 1.807) is 73.4 Å². The zero-order valence-corrected chi connectivity index (χ0v) is 23.9. The molecule has 0 aliphatic rings. The summed E-state index contributed by atoms with van der Waals surface area (Å²) >= 11 is 8.05. The average Bonchev–Trinajstić information content (AvgIpc) is 3.36. The lowest BCUT2D eigenvalue weighted by Crippen LogP contribution is -2.03. The number of nitro groups is 1. The summed E-state index contributed by atoms with van der Waals surface area (Å²) in [5.41, 5.74) is 0.898. The fraction of sp³-hybridized carbons (Fsp3) is 0.148. The fourth-order valence-electron chi connectivity index (χ4n) is 3.67. The summed E-state index contributed by atoms with van der Waals surface area (Å²) in [6, 6.07) is 16.8. The molecule has 0 saturated heterocycles. The summed E-state index contributed by atoms with van der Waals surface area (Å²) in [5, 5.41) is 31.2. The molecule has 0 atom stereocenters. The number of carboxylic acids is 1. The van der Waals surface area contributed by atoms with E-state index in [0.29, 0.717) is 50.1 Å². The molecule has 4 aromatic rings. The highest BCUT2D eigenvalue weighted by Gasteiger charge is 2.21. The Balaban J connectivity index is 1.66. The van der Waals surface area contributed by atoms with E-state index >= 15 is 0 Å². The van der Waals surface area contributed by atoms with E-state index in [0.717, 1.165) is 16.7 Å². The van der Waals surface area contributed by atoms with E-state index in [4.69, 9.17) is 21.1 Å². The summed E-state index contributed by atoms with van der Waals surface area (Å²) in [5.74, 6) is 0.438. The normalized spacial score (nSPS) is 11.3. The van der Waals surface area contributed by atoms with Gasteiger partial charge >= 0.3 is 5.97 Å². The molecule has 0 radical (unpaired) electrons. The lowest BCUT2D eigenvalue weighted by atomic mass is 10.2. The predicted molar refractivity (Wildman–Crippen MR) is 154 cm³/mol. The van der Waals surface area contributed by atoms with Crippen LogP contribution in [0.4, 0.5) is 5.69 Å². The van der Waals surface area contributed by atoms with Crippen LogP contribution in [0.25, 0.3) is 17.5 Å². The molecule has 13 heteroatoms. The van der Waals surface area contributed by atoms with Crippen molar-refractivity contribution in [3.8, 4) is 22.9 Å². The number of aromatic nitrogens is 3. The van der Waals surface area contributed by atoms with Gasteiger partial charge in [-0.05, 0) is 72.8 Å². The van der Waals surface area contributed by atoms with Gasteiger partial charge in [-0.2, -0.15) is 0 Å². The van der Waals surface area contributed by atoms with Gasteiger partial charge in [0.05, 0.1) is 24.0 Å². The van der Waals surface area contributed by atoms with Crippen molar-refractivity contribution in [3.63, 3.8) is 0 Å². The number of nitrogens with zero attached hydrogens (tertiary/aromatic N) is 4. The molecule has 0 aliphatic heterocycles. The molecule has 3 aromatic carbocycles. The molecule has 0 unspecified atom stereocenters. The number of ether oxygens (including phenoxy) is 2. The van der Waals surface area contributed by atoms with Crippen LogP contribution in [0.5, 0.6) is 11.5 Å². The van der Waals surface area contributed by atoms with Gasteiger partial charge in [0.2, 0.25) is 0 Å². The van der Waals surface area contributed by atoms with E-state index in [-0.39, 0.29) is 10.6 Å². The second kappa shape index (κ2) is 12.9. The first-order chi connectivity index (χ1) is 19.2. The molecular weight excluding hydrogens is 576 g/mol. The highest BCUT2D eigenvalue weighted by Crippen LogP contribution is 2.37. The number of benzene rings is 3. The standard InChI is InChI=1S/C27H23ClN4O6S2/c1-4-31-25(17-13-19(37-2)15-20(14-17)38-3)29-30-27(31)40-24(26(33)34)12-16-5-10-23(22(11-16)32(35)36)39-21-8-6-18(28)7-9-21/h5-15H,4H2,1-3H3,(H,33,34)/b24-12+. The third-order valence-electron chi connectivity index (χ3n) is 5.57. The van der Waals surface area contributed by atoms with E-state index in [1.807, 2.05) is 6.92 Å². The van der Waals surface area contributed by atoms with Gasteiger partial charge in [0.25, 0.3) is 5.69 Å². The van der Waals surface area contributed by atoms with Crippen LogP contribution >= 0.6 is 35.1 Å². The first-order valence-electron chi connectivity index (χ1n) is 11.7. The van der Waals surface area contributed by atoms with Crippen LogP contribution in [0.2, 0.25) is 5.02 Å². The molecule has 1 heterocycles. The van der Waals surface area contributed by atoms with Crippen molar-refractivity contribution in [1.29, 1.82) is 0 Å². The Morgan fingerprint density at radius 2 is 1.75 bits per heavy atom. The van der Waals surface area contributed by atoms with Gasteiger partial charge in [-0.3, -0.25) is 10.1 Å². The van der Waals surface area contributed by atoms with Crippen molar-refractivity contribution in [2.45, 2.75) is 28.4 Å². The smallest absolute Gasteiger partial charge is 0.342 e. The van der Waals surface area contributed by atoms with Crippen LogP contribution in [0.15, 0.2) is 80.5 Å². The summed E-state index contributed by atoms with van der Waals surface area (Å²) in [7, 11) is 3.09. The van der Waals surface area contributed by atoms with Gasteiger partial charge in [-0.1, -0.05) is 29.4 Å². The number of hydrogen-bond acceptors (Lipinski definition) is 9. The van der Waals surface area contributed by atoms with Crippen molar-refractivity contribution >= 4 is 52.9 Å². The average molecular weight is 599 g/mol. The SMILES string of the molecule is CCn1c(S/C(=C/c2ccc(Sc3ccc(Cl)cc3)c([N+](=O)[O-])c2)C(=O)O)nnc1-c1cc(OC)cc(OC)c1. The Hall–Kier alpha value is -4.00. The maximum absolute atomic E-state index is 12.2. The molecule has 0 spiro atoms. The number of methoxy groups -OCH3 is 2. The quantitative estimate of drug-likeness (QED) is 0.0840. The van der Waals surface area contributed by atoms with Gasteiger partial charge in [-0.25, -0.2) is 4.79 Å². The fourth-order valence-corrected chi connectivity index (χ4v) is 5.58. The molecule has 0 aliphatic carbocycles. The Morgan fingerprint density at radius 1 is 1.07 bits per heavy atom. The highest BCUT2D eigenvalue weighted by molar-refractivity contribution is 8.04. The van der Waals surface area contributed by atoms with E-state index in [1.165, 1.54) is 23.9 Å². The summed E-state index contributed by atoms with van der Waals surface area (Å²) in [6.45, 7) is 2.35. The Morgan fingerprint density at radius 3 is 2.33 bits per heavy atom. The number of aliphatic carboxylic acids is 1. The van der Waals surface area contributed by atoms with Gasteiger partial charge in [0, 0.05) is 34.2 Å². The summed E-state index contributed by atoms with van der Waals surface area (Å²) < 4.78 is 12.5. The Bertz CT molecular complexity index is 1570. The lowest BCUT2D eigenvalue weighted by molar-refractivity contribution is -0.387. The maximum atomic E-state index is 12.2. The number of carbonyl (C=O) groups is 1. The van der Waals surface area contributed by atoms with Crippen LogP contribution in [0, 0.1) is 10.1 Å². The number of carboxylic acid groups (broad SMARTS) is 1. The third-order valence-corrected chi connectivity index (χ3v) is 7.90. The minimum Gasteiger partial charge on any atom is -0.497 e. The first kappa shape index (κ1) is 29.0. The molecule has 1 N–H and O–H groups in total. The van der Waals surface area contributed by atoms with Crippen LogP contribution in [0.3, 0.4) is 0 Å². The maximum Gasteiger partial charge on any atom is 0.342 e. The molecule has 10 nitrogen and oxygen atoms in total. The zero-order valence-electron chi connectivity index (χ0n) is 21.5. The van der Waals surface area contributed by atoms with E-state index < -0.39 is 10.9 Å². The number of hydrogen-bond donors (Lipinski definition) is 1. The number of thioether (sulfide) groups is 1. The van der Waals surface area contributed by atoms with Crippen molar-refractivity contribution in [2.24, 2.45) is 0 Å². The molecule has 40 heavy (non-hydrogen) atoms. The number of rotatable bonds is 11. The molecule has 4 rings (SSSR count). The van der Waals surface area contributed by atoms with Crippen molar-refractivity contribution < 1.29 is 24.3 Å². The second-order valence-corrected chi connectivity index (χ2v) is 10.7. The number of halogens is 1. The molecular formula is C27H23ClN4O6S2. The van der Waals surface area contributed by atoms with Gasteiger partial charge in [0.1, 0.15) is 16.4 Å². The third kappa shape index (κ3) is 6.76. The largest absolute Gasteiger partial charge is 0.497 e. The topological polar surface area (TPSA) is 130 Å². The van der Waals surface area contributed by atoms with Crippen LogP contribution < -0.4 is 9.47 Å². The molecule has 0 amide bonds. The van der Waals surface area contributed by atoms with Crippen molar-refractivity contribution in [1.82, 2.24) is 14.8 Å². The monoisotopic (exact) mass is 598 g/mol. The van der Waals surface area contributed by atoms with Crippen LogP contribution in [0.1, 0.15) is 12.5 Å². The molecule has 206 valence electrons. The molecule has 0 fully saturated rings.